The number of phenols is 1. The van der Waals surface area contributed by atoms with Gasteiger partial charge < -0.3 is 25.8 Å². The van der Waals surface area contributed by atoms with E-state index in [4.69, 9.17) is 10.5 Å². The van der Waals surface area contributed by atoms with Gasteiger partial charge in [0, 0.05) is 76.0 Å². The lowest BCUT2D eigenvalue weighted by atomic mass is 10.0. The van der Waals surface area contributed by atoms with Crippen molar-refractivity contribution in [1.82, 2.24) is 30.6 Å². The molecular weight excluding hydrogens is 664 g/mol. The predicted octanol–water partition coefficient (Wildman–Crippen LogP) is 2.37. The van der Waals surface area contributed by atoms with Gasteiger partial charge in [0.2, 0.25) is 11.8 Å². The maximum absolute atomic E-state index is 13.2. The molecule has 52 heavy (non-hydrogen) atoms. The Morgan fingerprint density at radius 1 is 0.865 bits per heavy atom. The number of phenolic OH excluding ortho intramolecular Hbond substituents is 1. The van der Waals surface area contributed by atoms with Crippen molar-refractivity contribution >= 4 is 35.1 Å². The molecule has 0 aliphatic carbocycles. The van der Waals surface area contributed by atoms with Gasteiger partial charge in [0.05, 0.1) is 17.7 Å². The van der Waals surface area contributed by atoms with Gasteiger partial charge in [0.15, 0.2) is 11.6 Å². The second kappa shape index (κ2) is 15.2. The van der Waals surface area contributed by atoms with E-state index in [0.717, 1.165) is 62.0 Å². The standard InChI is InChI=1S/C38H40N8O6/c39-35-33(22-30(42-43-35)28-3-1-2-4-32(28)47)52-20-13-24-5-7-25(8-6-24)23-40-14-15-44-16-18-45(19-17-44)26-9-10-27-29(21-26)38(51)46(37(27)50)31-11-12-34(48)41-36(31)49/h1-10,21-22,31,40,47H,11-20,23H2,(H2,39,43)(H,41,48,49). The lowest BCUT2D eigenvalue weighted by molar-refractivity contribution is -0.136. The number of rotatable bonds is 12. The first-order valence-corrected chi connectivity index (χ1v) is 17.4. The quantitative estimate of drug-likeness (QED) is 0.125. The van der Waals surface area contributed by atoms with E-state index in [0.29, 0.717) is 35.6 Å². The van der Waals surface area contributed by atoms with Gasteiger partial charge in [-0.05, 0) is 47.9 Å². The lowest BCUT2D eigenvalue weighted by Gasteiger charge is -2.36. The summed E-state index contributed by atoms with van der Waals surface area (Å²) in [5, 5.41) is 24.0. The number of piperazine rings is 1. The summed E-state index contributed by atoms with van der Waals surface area (Å²) in [4.78, 5) is 55.8. The fourth-order valence-electron chi connectivity index (χ4n) is 6.78. The van der Waals surface area contributed by atoms with Gasteiger partial charge in [-0.2, -0.15) is 0 Å². The number of nitrogens with zero attached hydrogens (tertiary/aromatic N) is 5. The van der Waals surface area contributed by atoms with Crippen LogP contribution in [0.15, 0.2) is 72.8 Å². The Hall–Kier alpha value is -5.86. The van der Waals surface area contributed by atoms with Crippen LogP contribution < -0.4 is 26.0 Å². The molecule has 3 aliphatic rings. The molecule has 0 radical (unpaired) electrons. The van der Waals surface area contributed by atoms with Crippen LogP contribution in [-0.4, -0.2) is 101 Å². The van der Waals surface area contributed by atoms with Gasteiger partial charge in [0.25, 0.3) is 11.8 Å². The van der Waals surface area contributed by atoms with Gasteiger partial charge in [0.1, 0.15) is 17.5 Å². The van der Waals surface area contributed by atoms with E-state index >= 15 is 0 Å². The number of carbonyl (C=O) groups excluding carboxylic acids is 4. The van der Waals surface area contributed by atoms with Crippen LogP contribution in [0.25, 0.3) is 11.3 Å². The van der Waals surface area contributed by atoms with E-state index < -0.39 is 29.7 Å². The molecule has 3 aliphatic heterocycles. The number of nitrogen functional groups attached to an aromatic ring is 1. The van der Waals surface area contributed by atoms with Crippen molar-refractivity contribution in [3.63, 3.8) is 0 Å². The molecule has 3 aromatic carbocycles. The third-order valence-corrected chi connectivity index (χ3v) is 9.73. The van der Waals surface area contributed by atoms with Crippen molar-refractivity contribution in [3.8, 4) is 22.8 Å². The van der Waals surface area contributed by atoms with Crippen molar-refractivity contribution < 1.29 is 29.0 Å². The topological polar surface area (TPSA) is 183 Å². The maximum atomic E-state index is 13.2. The monoisotopic (exact) mass is 704 g/mol. The third kappa shape index (κ3) is 7.43. The number of anilines is 2. The highest BCUT2D eigenvalue weighted by Crippen LogP contribution is 2.32. The average Bonchev–Trinajstić information content (AvgIpc) is 3.40. The zero-order chi connectivity index (χ0) is 36.2. The van der Waals surface area contributed by atoms with Crippen LogP contribution in [0.1, 0.15) is 44.7 Å². The summed E-state index contributed by atoms with van der Waals surface area (Å²) in [7, 11) is 0. The SMILES string of the molecule is Nc1nnc(-c2ccccc2O)cc1OCCc1ccc(CNCCN2CCN(c3ccc4c(c3)C(=O)N(C3CCC(=O)NC3=O)C4=O)CC2)cc1. The zero-order valence-electron chi connectivity index (χ0n) is 28.6. The molecule has 0 spiro atoms. The Morgan fingerprint density at radius 2 is 1.62 bits per heavy atom. The molecule has 5 N–H and O–H groups in total. The first-order chi connectivity index (χ1) is 25.2. The van der Waals surface area contributed by atoms with E-state index in [9.17, 15) is 24.3 Å². The molecule has 4 heterocycles. The molecule has 4 amide bonds. The average molecular weight is 705 g/mol. The predicted molar refractivity (Wildman–Crippen MR) is 193 cm³/mol. The Bertz CT molecular complexity index is 2000. The number of ether oxygens (including phenoxy) is 1. The maximum Gasteiger partial charge on any atom is 0.262 e. The molecule has 7 rings (SSSR count). The highest BCUT2D eigenvalue weighted by Gasteiger charge is 2.44. The molecule has 14 nitrogen and oxygen atoms in total. The smallest absolute Gasteiger partial charge is 0.262 e. The van der Waals surface area contributed by atoms with Crippen molar-refractivity contribution in [3.05, 3.63) is 95.1 Å². The van der Waals surface area contributed by atoms with Crippen LogP contribution in [-0.2, 0) is 22.6 Å². The Labute approximate surface area is 300 Å². The van der Waals surface area contributed by atoms with Crippen LogP contribution in [0.2, 0.25) is 0 Å². The summed E-state index contributed by atoms with van der Waals surface area (Å²) in [6.45, 7) is 6.20. The Balaban J connectivity index is 0.823. The van der Waals surface area contributed by atoms with Crippen molar-refractivity contribution in [1.29, 1.82) is 0 Å². The van der Waals surface area contributed by atoms with E-state index in [-0.39, 0.29) is 30.0 Å². The zero-order valence-corrected chi connectivity index (χ0v) is 28.6. The third-order valence-electron chi connectivity index (χ3n) is 9.73. The first kappa shape index (κ1) is 34.6. The van der Waals surface area contributed by atoms with Crippen LogP contribution in [0.3, 0.4) is 0 Å². The normalized spacial score (nSPS) is 17.7. The fraction of sp³-hybridized carbons (Fsp3) is 0.316. The molecule has 1 aromatic heterocycles. The number of fused-ring (bicyclic) bond motifs is 1. The highest BCUT2D eigenvalue weighted by molar-refractivity contribution is 6.23. The molecule has 0 saturated carbocycles. The second-order valence-corrected chi connectivity index (χ2v) is 13.1. The van der Waals surface area contributed by atoms with Crippen molar-refractivity contribution in [2.75, 3.05) is 56.5 Å². The minimum absolute atomic E-state index is 0.0915. The van der Waals surface area contributed by atoms with Crippen LogP contribution in [0, 0.1) is 0 Å². The summed E-state index contributed by atoms with van der Waals surface area (Å²) in [6.07, 6.45) is 0.916. The van der Waals surface area contributed by atoms with Crippen molar-refractivity contribution in [2.24, 2.45) is 0 Å². The lowest BCUT2D eigenvalue weighted by Crippen LogP contribution is -2.54. The number of benzene rings is 3. The number of piperidine rings is 1. The van der Waals surface area contributed by atoms with Gasteiger partial charge in [-0.1, -0.05) is 36.4 Å². The highest BCUT2D eigenvalue weighted by atomic mass is 16.5. The number of aromatic nitrogens is 2. The molecule has 2 fully saturated rings. The molecule has 1 unspecified atom stereocenters. The number of nitrogens with one attached hydrogen (secondary N) is 2. The molecule has 2 saturated heterocycles. The van der Waals surface area contributed by atoms with Gasteiger partial charge >= 0.3 is 0 Å². The number of para-hydroxylation sites is 1. The van der Waals surface area contributed by atoms with E-state index in [1.807, 2.05) is 12.1 Å². The number of nitrogens with two attached hydrogens (primary N) is 1. The van der Waals surface area contributed by atoms with E-state index in [1.54, 1.807) is 36.4 Å². The second-order valence-electron chi connectivity index (χ2n) is 13.1. The molecular formula is C38H40N8O6. The summed E-state index contributed by atoms with van der Waals surface area (Å²) in [6, 6.07) is 21.3. The molecule has 1 atom stereocenters. The first-order valence-electron chi connectivity index (χ1n) is 17.4. The molecule has 14 heteroatoms. The van der Waals surface area contributed by atoms with Crippen LogP contribution in [0.5, 0.6) is 11.5 Å². The van der Waals surface area contributed by atoms with Gasteiger partial charge in [-0.25, -0.2) is 0 Å². The van der Waals surface area contributed by atoms with Crippen LogP contribution >= 0.6 is 0 Å². The van der Waals surface area contributed by atoms with Gasteiger partial charge in [-0.3, -0.25) is 34.3 Å². The number of hydrogen-bond donors (Lipinski definition) is 4. The number of carbonyl (C=O) groups is 4. The van der Waals surface area contributed by atoms with E-state index in [1.165, 1.54) is 5.56 Å². The molecule has 0 bridgehead atoms. The molecule has 268 valence electrons. The Kier molecular flexibility index (Phi) is 10.1. The van der Waals surface area contributed by atoms with Crippen LogP contribution in [0.4, 0.5) is 11.5 Å². The minimum Gasteiger partial charge on any atom is -0.507 e. The minimum atomic E-state index is -0.971. The Morgan fingerprint density at radius 3 is 2.38 bits per heavy atom. The van der Waals surface area contributed by atoms with E-state index in [2.05, 4.69) is 54.9 Å². The summed E-state index contributed by atoms with van der Waals surface area (Å²) >= 11 is 0. The number of amides is 4. The fourth-order valence-corrected chi connectivity index (χ4v) is 6.78. The van der Waals surface area contributed by atoms with Gasteiger partial charge in [-0.15, -0.1) is 10.2 Å². The number of hydrogen-bond acceptors (Lipinski definition) is 12. The summed E-state index contributed by atoms with van der Waals surface area (Å²) in [5.74, 6) is -1.26. The molecule has 4 aromatic rings. The largest absolute Gasteiger partial charge is 0.507 e. The number of imide groups is 2. The summed E-state index contributed by atoms with van der Waals surface area (Å²) < 4.78 is 5.92. The van der Waals surface area contributed by atoms with Crippen molar-refractivity contribution in [2.45, 2.75) is 31.8 Å². The number of aromatic hydroxyl groups is 1. The summed E-state index contributed by atoms with van der Waals surface area (Å²) in [5.41, 5.74) is 10.8.